The molecular weight excluding hydrogens is 763 g/mol. The minimum absolute atomic E-state index is 0.467. The van der Waals surface area contributed by atoms with E-state index in [1.807, 2.05) is 106 Å². The van der Waals surface area contributed by atoms with Crippen LogP contribution in [0.1, 0.15) is 43.5 Å². The van der Waals surface area contributed by atoms with E-state index in [-0.39, 0.29) is 0 Å². The Hall–Kier alpha value is -5.39. The maximum Gasteiger partial charge on any atom is 0.416 e. The van der Waals surface area contributed by atoms with Gasteiger partial charge in [-0.25, -0.2) is 8.51 Å². The van der Waals surface area contributed by atoms with Crippen molar-refractivity contribution in [2.45, 2.75) is 37.7 Å². The summed E-state index contributed by atoms with van der Waals surface area (Å²) in [5, 5.41) is 7.16. The Kier molecular flexibility index (Phi) is 10.9. The lowest BCUT2D eigenvalue weighted by Gasteiger charge is -2.36. The number of rotatable bonds is 9. The number of nitrogens with zero attached hydrogens (tertiary/aromatic N) is 1. The average Bonchev–Trinajstić information content (AvgIpc) is 3.23. The highest BCUT2D eigenvalue weighted by molar-refractivity contribution is 7.84. The summed E-state index contributed by atoms with van der Waals surface area (Å²) >= 11 is 0. The summed E-state index contributed by atoms with van der Waals surface area (Å²) in [5.74, 6) is 0. The van der Waals surface area contributed by atoms with Gasteiger partial charge in [0.1, 0.15) is 11.0 Å². The smallest absolute Gasteiger partial charge is 0.242 e. The molecule has 0 bridgehead atoms. The van der Waals surface area contributed by atoms with Crippen molar-refractivity contribution in [2.75, 3.05) is 7.05 Å². The van der Waals surface area contributed by atoms with Gasteiger partial charge in [-0.05, 0) is 142 Å². The molecular formula is C51H43F3NOPS. The van der Waals surface area contributed by atoms with Gasteiger partial charge < -0.3 is 0 Å². The van der Waals surface area contributed by atoms with Crippen LogP contribution in [0.25, 0.3) is 43.8 Å². The topological polar surface area (TPSA) is 20.3 Å². The lowest BCUT2D eigenvalue weighted by molar-refractivity contribution is -0.137. The average molecular weight is 806 g/mol. The maximum absolute atomic E-state index is 14.9. The van der Waals surface area contributed by atoms with Crippen LogP contribution in [0.15, 0.2) is 182 Å². The molecule has 0 spiro atoms. The number of halogens is 3. The van der Waals surface area contributed by atoms with Crippen molar-refractivity contribution in [1.29, 1.82) is 0 Å². The highest BCUT2D eigenvalue weighted by Crippen LogP contribution is 2.44. The fraction of sp³-hybridized carbons (Fsp3) is 0.137. The number of fused-ring (bicyclic) bond motifs is 2. The molecule has 8 aromatic carbocycles. The summed E-state index contributed by atoms with van der Waals surface area (Å²) in [7, 11) is -1.20. The van der Waals surface area contributed by atoms with Crippen LogP contribution in [0.2, 0.25) is 0 Å². The predicted molar refractivity (Wildman–Crippen MR) is 240 cm³/mol. The third-order valence-corrected chi connectivity index (χ3v) is 14.8. The first-order valence-corrected chi connectivity index (χ1v) is 21.7. The normalized spacial score (nSPS) is 13.3. The molecule has 0 aliphatic carbocycles. The van der Waals surface area contributed by atoms with E-state index in [1.54, 1.807) is 17.4 Å². The third kappa shape index (κ3) is 8.15. The molecule has 2 atom stereocenters. The van der Waals surface area contributed by atoms with E-state index >= 15 is 0 Å². The van der Waals surface area contributed by atoms with Gasteiger partial charge in [0.2, 0.25) is 0 Å². The SMILES string of the molecule is CN([C@@H](c1cc(-c2ccc3ccccc3c2)cc(-c2ccc3ccccc3c2)c1)c1cc(C(F)(F)F)ccc1P(c1ccccc1)c1ccccc1)S(=O)C(C)(C)C. The largest absolute Gasteiger partial charge is 0.416 e. The first-order chi connectivity index (χ1) is 27.8. The van der Waals surface area contributed by atoms with Gasteiger partial charge in [-0.1, -0.05) is 140 Å². The highest BCUT2D eigenvalue weighted by atomic mass is 32.2. The van der Waals surface area contributed by atoms with Gasteiger partial charge in [0.25, 0.3) is 0 Å². The minimum atomic E-state index is -4.61. The van der Waals surface area contributed by atoms with Gasteiger partial charge in [0, 0.05) is 7.05 Å². The molecule has 0 aliphatic rings. The van der Waals surface area contributed by atoms with Crippen LogP contribution in [-0.2, 0) is 17.2 Å². The fourth-order valence-electron chi connectivity index (χ4n) is 7.73. The van der Waals surface area contributed by atoms with E-state index in [0.29, 0.717) is 5.56 Å². The molecule has 0 saturated carbocycles. The van der Waals surface area contributed by atoms with Crippen LogP contribution in [0.5, 0.6) is 0 Å². The van der Waals surface area contributed by atoms with E-state index < -0.39 is 41.4 Å². The molecule has 8 rings (SSSR count). The monoisotopic (exact) mass is 805 g/mol. The molecule has 2 nitrogen and oxygen atoms in total. The molecule has 7 heteroatoms. The second-order valence-corrected chi connectivity index (χ2v) is 20.0. The standard InChI is InChI=1S/C51H43F3NOPS/c1-50(2,3)58(56)55(4)49(47-34-44(51(52,53)54)27-28-48(47)57(45-19-7-5-8-20-45)46-21-9-6-10-22-46)43-32-41(39-25-23-35-15-11-13-17-37(35)29-39)31-42(33-43)40-26-24-36-16-12-14-18-38(36)30-40/h5-34,49H,1-4H3/t49-,58?/m0/s1. The lowest BCUT2D eigenvalue weighted by Crippen LogP contribution is -2.39. The van der Waals surface area contributed by atoms with Crippen molar-refractivity contribution in [3.8, 4) is 22.3 Å². The molecule has 0 amide bonds. The Balaban J connectivity index is 1.45. The molecule has 0 heterocycles. The van der Waals surface area contributed by atoms with E-state index in [9.17, 15) is 17.4 Å². The molecule has 0 N–H and O–H groups in total. The molecule has 1 unspecified atom stereocenters. The van der Waals surface area contributed by atoms with E-state index in [1.165, 1.54) is 12.1 Å². The van der Waals surface area contributed by atoms with Crippen molar-refractivity contribution < 1.29 is 17.4 Å². The fourth-order valence-corrected chi connectivity index (χ4v) is 11.5. The summed E-state index contributed by atoms with van der Waals surface area (Å²) in [6.45, 7) is 5.70. The van der Waals surface area contributed by atoms with Crippen LogP contribution in [0.3, 0.4) is 0 Å². The van der Waals surface area contributed by atoms with Gasteiger partial charge in [0.05, 0.1) is 16.4 Å². The zero-order valence-corrected chi connectivity index (χ0v) is 34.5. The second-order valence-electron chi connectivity index (χ2n) is 15.6. The van der Waals surface area contributed by atoms with E-state index in [4.69, 9.17) is 0 Å². The summed E-state index contributed by atoms with van der Waals surface area (Å²) in [4.78, 5) is 0. The first kappa shape index (κ1) is 39.4. The minimum Gasteiger partial charge on any atom is -0.242 e. The van der Waals surface area contributed by atoms with Crippen molar-refractivity contribution >= 4 is 56.4 Å². The van der Waals surface area contributed by atoms with Crippen molar-refractivity contribution in [1.82, 2.24) is 4.31 Å². The van der Waals surface area contributed by atoms with Gasteiger partial charge >= 0.3 is 6.18 Å². The summed E-state index contributed by atoms with van der Waals surface area (Å²) < 4.78 is 60.5. The molecule has 290 valence electrons. The third-order valence-electron chi connectivity index (χ3n) is 10.5. The Bertz CT molecular complexity index is 2630. The van der Waals surface area contributed by atoms with Crippen molar-refractivity contribution in [2.24, 2.45) is 0 Å². The summed E-state index contributed by atoms with van der Waals surface area (Å²) in [5.41, 5.74) is 4.23. The Labute approximate surface area is 342 Å². The number of alkyl halides is 3. The molecule has 0 saturated heterocycles. The van der Waals surface area contributed by atoms with E-state index in [0.717, 1.165) is 65.3 Å². The summed E-state index contributed by atoms with van der Waals surface area (Å²) in [6.07, 6.45) is -4.61. The van der Waals surface area contributed by atoms with E-state index in [2.05, 4.69) is 78.9 Å². The Morgan fingerprint density at radius 3 is 1.45 bits per heavy atom. The highest BCUT2D eigenvalue weighted by Gasteiger charge is 2.37. The molecule has 0 aromatic heterocycles. The summed E-state index contributed by atoms with van der Waals surface area (Å²) in [6, 6.07) is 58.7. The zero-order chi connectivity index (χ0) is 40.6. The number of hydrogen-bond donors (Lipinski definition) is 0. The first-order valence-electron chi connectivity index (χ1n) is 19.2. The van der Waals surface area contributed by atoms with Crippen molar-refractivity contribution in [3.05, 3.63) is 199 Å². The second kappa shape index (κ2) is 16.1. The van der Waals surface area contributed by atoms with Gasteiger partial charge in [-0.3, -0.25) is 0 Å². The van der Waals surface area contributed by atoms with Crippen LogP contribution in [0.4, 0.5) is 13.2 Å². The van der Waals surface area contributed by atoms with Crippen LogP contribution in [0, 0.1) is 0 Å². The van der Waals surface area contributed by atoms with Crippen molar-refractivity contribution in [3.63, 3.8) is 0 Å². The van der Waals surface area contributed by atoms with Crippen LogP contribution < -0.4 is 15.9 Å². The molecule has 58 heavy (non-hydrogen) atoms. The number of benzene rings is 8. The predicted octanol–water partition coefficient (Wildman–Crippen LogP) is 12.6. The maximum atomic E-state index is 14.9. The molecule has 0 fully saturated rings. The van der Waals surface area contributed by atoms with Crippen LogP contribution >= 0.6 is 7.92 Å². The number of hydrogen-bond acceptors (Lipinski definition) is 1. The van der Waals surface area contributed by atoms with Gasteiger partial charge in [0.15, 0.2) is 0 Å². The van der Waals surface area contributed by atoms with Gasteiger partial charge in [-0.2, -0.15) is 13.2 Å². The Morgan fingerprint density at radius 1 is 0.517 bits per heavy atom. The lowest BCUT2D eigenvalue weighted by atomic mass is 9.89. The molecule has 8 aromatic rings. The van der Waals surface area contributed by atoms with Gasteiger partial charge in [-0.15, -0.1) is 0 Å². The quantitative estimate of drug-likeness (QED) is 0.133. The Morgan fingerprint density at radius 2 is 0.983 bits per heavy atom. The molecule has 0 aliphatic heterocycles. The molecule has 0 radical (unpaired) electrons. The van der Waals surface area contributed by atoms with Crippen LogP contribution in [-0.4, -0.2) is 20.3 Å². The zero-order valence-electron chi connectivity index (χ0n) is 32.7.